The predicted octanol–water partition coefficient (Wildman–Crippen LogP) is 5.01. The third-order valence-electron chi connectivity index (χ3n) is 9.90. The first-order valence-corrected chi connectivity index (χ1v) is 11.7. The second-order valence-electron chi connectivity index (χ2n) is 10.6. The van der Waals surface area contributed by atoms with E-state index in [1.54, 1.807) is 6.08 Å². The lowest BCUT2D eigenvalue weighted by molar-refractivity contribution is -0.167. The highest BCUT2D eigenvalue weighted by molar-refractivity contribution is 5.91. The van der Waals surface area contributed by atoms with E-state index < -0.39 is 0 Å². The van der Waals surface area contributed by atoms with Crippen LogP contribution in [0.5, 0.6) is 0 Å². The van der Waals surface area contributed by atoms with E-state index in [0.717, 1.165) is 49.4 Å². The zero-order valence-electron chi connectivity index (χ0n) is 17.0. The number of rotatable bonds is 2. The van der Waals surface area contributed by atoms with Crippen LogP contribution in [0, 0.1) is 40.9 Å². The summed E-state index contributed by atoms with van der Waals surface area (Å²) in [6.07, 6.45) is 17.4. The van der Waals surface area contributed by atoms with Crippen LogP contribution in [0.3, 0.4) is 0 Å². The molecule has 0 N–H and O–H groups in total. The molecule has 0 radical (unpaired) electrons. The Labute approximate surface area is 168 Å². The van der Waals surface area contributed by atoms with Crippen LogP contribution in [0.25, 0.3) is 0 Å². The van der Waals surface area contributed by atoms with Crippen molar-refractivity contribution in [1.29, 1.82) is 0 Å². The van der Waals surface area contributed by atoms with Crippen LogP contribution in [0.15, 0.2) is 23.8 Å². The molecule has 0 bridgehead atoms. The number of carbonyl (C=O) groups is 2. The molecule has 6 aliphatic rings. The Hall–Kier alpha value is -1.38. The summed E-state index contributed by atoms with van der Waals surface area (Å²) in [7, 11) is 0. The number of carbonyl (C=O) groups excluding carboxylic acids is 2. The molecule has 4 fully saturated rings. The standard InChI is InChI=1S/C25H32O3/c1-2-24-10-7-19-18-6-5-17(26)13-16(18)14-20(15-3-4-15)23(19)21(24)8-11-25(24)12-9-22(27)28-25/h9,12-13,15,18-21,23H,2-8,10-11,14H2,1H3/t18-,19?,20+,21?,23?,24-,25+/m0/s1. The zero-order chi connectivity index (χ0) is 19.1. The summed E-state index contributed by atoms with van der Waals surface area (Å²) < 4.78 is 6.08. The highest BCUT2D eigenvalue weighted by Crippen LogP contribution is 2.70. The molecule has 7 atom stereocenters. The monoisotopic (exact) mass is 380 g/mol. The summed E-state index contributed by atoms with van der Waals surface area (Å²) in [5.41, 5.74) is 1.30. The molecule has 0 aromatic carbocycles. The number of hydrogen-bond donors (Lipinski definition) is 0. The molecule has 150 valence electrons. The molecule has 1 spiro atoms. The van der Waals surface area contributed by atoms with Crippen LogP contribution in [0.1, 0.15) is 71.1 Å². The molecule has 1 aliphatic heterocycles. The molecule has 5 aliphatic carbocycles. The normalized spacial score (nSPS) is 49.5. The Kier molecular flexibility index (Phi) is 3.64. The number of allylic oxidation sites excluding steroid dienone is 1. The quantitative estimate of drug-likeness (QED) is 0.633. The Morgan fingerprint density at radius 1 is 1.07 bits per heavy atom. The third kappa shape index (κ3) is 2.17. The molecule has 3 heteroatoms. The van der Waals surface area contributed by atoms with E-state index in [1.165, 1.54) is 44.1 Å². The van der Waals surface area contributed by atoms with E-state index in [-0.39, 0.29) is 17.0 Å². The topological polar surface area (TPSA) is 43.4 Å². The second-order valence-corrected chi connectivity index (χ2v) is 10.6. The smallest absolute Gasteiger partial charge is 0.331 e. The van der Waals surface area contributed by atoms with Crippen molar-refractivity contribution < 1.29 is 14.3 Å². The van der Waals surface area contributed by atoms with Gasteiger partial charge in [-0.25, -0.2) is 4.79 Å². The van der Waals surface area contributed by atoms with Gasteiger partial charge < -0.3 is 4.74 Å². The highest BCUT2D eigenvalue weighted by atomic mass is 16.6. The maximum atomic E-state index is 12.1. The molecular weight excluding hydrogens is 348 g/mol. The van der Waals surface area contributed by atoms with E-state index >= 15 is 0 Å². The van der Waals surface area contributed by atoms with E-state index in [0.29, 0.717) is 17.6 Å². The van der Waals surface area contributed by atoms with Gasteiger partial charge in [0.05, 0.1) is 0 Å². The molecule has 3 unspecified atom stereocenters. The summed E-state index contributed by atoms with van der Waals surface area (Å²) in [5.74, 6) is 4.70. The summed E-state index contributed by atoms with van der Waals surface area (Å²) >= 11 is 0. The Morgan fingerprint density at radius 3 is 2.64 bits per heavy atom. The van der Waals surface area contributed by atoms with Crippen molar-refractivity contribution in [2.75, 3.05) is 0 Å². The van der Waals surface area contributed by atoms with Crippen molar-refractivity contribution in [2.45, 2.75) is 76.7 Å². The van der Waals surface area contributed by atoms with E-state index in [4.69, 9.17) is 4.74 Å². The molecule has 0 amide bonds. The van der Waals surface area contributed by atoms with Gasteiger partial charge in [0.15, 0.2) is 5.78 Å². The minimum atomic E-state index is -0.332. The second kappa shape index (κ2) is 5.83. The van der Waals surface area contributed by atoms with Gasteiger partial charge in [0.25, 0.3) is 0 Å². The molecule has 28 heavy (non-hydrogen) atoms. The average Bonchev–Trinajstić information content (AvgIpc) is 3.40. The van der Waals surface area contributed by atoms with Crippen LogP contribution in [0.4, 0.5) is 0 Å². The zero-order valence-corrected chi connectivity index (χ0v) is 17.0. The number of ether oxygens (including phenoxy) is 1. The van der Waals surface area contributed by atoms with Gasteiger partial charge in [0.1, 0.15) is 5.60 Å². The lowest BCUT2D eigenvalue weighted by Crippen LogP contribution is -2.55. The van der Waals surface area contributed by atoms with Crippen molar-refractivity contribution in [3.8, 4) is 0 Å². The van der Waals surface area contributed by atoms with Gasteiger partial charge >= 0.3 is 5.97 Å². The molecule has 3 nitrogen and oxygen atoms in total. The minimum absolute atomic E-state index is 0.131. The lowest BCUT2D eigenvalue weighted by Gasteiger charge is -2.59. The van der Waals surface area contributed by atoms with Gasteiger partial charge in [-0.3, -0.25) is 4.79 Å². The molecule has 0 aromatic heterocycles. The van der Waals surface area contributed by atoms with Crippen LogP contribution in [-0.4, -0.2) is 17.4 Å². The summed E-state index contributed by atoms with van der Waals surface area (Å²) in [6.45, 7) is 2.33. The molecule has 4 saturated carbocycles. The summed E-state index contributed by atoms with van der Waals surface area (Å²) in [5, 5.41) is 0. The van der Waals surface area contributed by atoms with E-state index in [2.05, 4.69) is 13.0 Å². The fraction of sp³-hybridized carbons (Fsp3) is 0.760. The van der Waals surface area contributed by atoms with Gasteiger partial charge in [0, 0.05) is 17.9 Å². The Balaban J connectivity index is 1.41. The van der Waals surface area contributed by atoms with Gasteiger partial charge in [-0.2, -0.15) is 0 Å². The lowest BCUT2D eigenvalue weighted by atomic mass is 9.46. The largest absolute Gasteiger partial charge is 0.451 e. The van der Waals surface area contributed by atoms with Crippen LogP contribution < -0.4 is 0 Å². The first-order valence-electron chi connectivity index (χ1n) is 11.7. The van der Waals surface area contributed by atoms with Crippen LogP contribution >= 0.6 is 0 Å². The van der Waals surface area contributed by atoms with Crippen molar-refractivity contribution in [3.05, 3.63) is 23.8 Å². The molecule has 0 aromatic rings. The van der Waals surface area contributed by atoms with Gasteiger partial charge in [0.2, 0.25) is 0 Å². The number of esters is 1. The first-order chi connectivity index (χ1) is 13.6. The fourth-order valence-electron chi connectivity index (χ4n) is 8.74. The van der Waals surface area contributed by atoms with Gasteiger partial charge in [-0.05, 0) is 105 Å². The molecule has 1 heterocycles. The molecule has 6 rings (SSSR count). The van der Waals surface area contributed by atoms with Gasteiger partial charge in [-0.15, -0.1) is 0 Å². The minimum Gasteiger partial charge on any atom is -0.451 e. The van der Waals surface area contributed by atoms with Crippen molar-refractivity contribution in [1.82, 2.24) is 0 Å². The number of ketones is 1. The van der Waals surface area contributed by atoms with E-state index in [1.807, 2.05) is 6.08 Å². The average molecular weight is 381 g/mol. The maximum absolute atomic E-state index is 12.1. The predicted molar refractivity (Wildman–Crippen MR) is 106 cm³/mol. The SMILES string of the molecule is CC[C@]12CCC3C(C1CC[C@@]21C=CC(=O)O1)[C@@H](C1CC1)CC1=CC(=O)CC[C@@H]13. The Morgan fingerprint density at radius 2 is 1.93 bits per heavy atom. The van der Waals surface area contributed by atoms with Gasteiger partial charge in [-0.1, -0.05) is 12.5 Å². The number of fused-ring (bicyclic) bond motifs is 6. The fourth-order valence-corrected chi connectivity index (χ4v) is 8.74. The first kappa shape index (κ1) is 17.5. The maximum Gasteiger partial charge on any atom is 0.331 e. The molecular formula is C25H32O3. The number of hydrogen-bond acceptors (Lipinski definition) is 3. The highest BCUT2D eigenvalue weighted by Gasteiger charge is 2.68. The Bertz CT molecular complexity index is 790. The summed E-state index contributed by atoms with van der Waals surface area (Å²) in [6, 6.07) is 0. The van der Waals surface area contributed by atoms with Crippen molar-refractivity contribution in [2.24, 2.45) is 40.9 Å². The van der Waals surface area contributed by atoms with Crippen molar-refractivity contribution in [3.63, 3.8) is 0 Å². The van der Waals surface area contributed by atoms with Crippen LogP contribution in [0.2, 0.25) is 0 Å². The third-order valence-corrected chi connectivity index (χ3v) is 9.90. The van der Waals surface area contributed by atoms with E-state index in [9.17, 15) is 9.59 Å². The molecule has 0 saturated heterocycles. The van der Waals surface area contributed by atoms with Crippen molar-refractivity contribution >= 4 is 11.8 Å². The van der Waals surface area contributed by atoms with Crippen LogP contribution in [-0.2, 0) is 14.3 Å². The summed E-state index contributed by atoms with van der Waals surface area (Å²) in [4.78, 5) is 24.2.